The molecule has 1 heterocycles. The average Bonchev–Trinajstić information content (AvgIpc) is 2.74. The van der Waals surface area contributed by atoms with Crippen LogP contribution < -0.4 is 19.7 Å². The number of halogens is 1. The van der Waals surface area contributed by atoms with Gasteiger partial charge in [-0.2, -0.15) is 0 Å². The summed E-state index contributed by atoms with van der Waals surface area (Å²) in [6.45, 7) is 5.37. The van der Waals surface area contributed by atoms with E-state index in [2.05, 4.69) is 5.32 Å². The molecule has 0 atom stereocenters. The van der Waals surface area contributed by atoms with Gasteiger partial charge in [0.2, 0.25) is 0 Å². The number of hydrogen-bond donors (Lipinski definition) is 2. The van der Waals surface area contributed by atoms with Crippen LogP contribution in [0.3, 0.4) is 0 Å². The molecule has 1 aliphatic rings. The Morgan fingerprint density at radius 2 is 2.03 bits per heavy atom. The van der Waals surface area contributed by atoms with E-state index in [1.165, 1.54) is 0 Å². The lowest BCUT2D eigenvalue weighted by Gasteiger charge is -2.30. The number of nitrogens with one attached hydrogen (secondary N) is 1. The van der Waals surface area contributed by atoms with Crippen LogP contribution in [0.5, 0.6) is 11.5 Å². The van der Waals surface area contributed by atoms with Crippen LogP contribution in [0.15, 0.2) is 30.3 Å². The van der Waals surface area contributed by atoms with E-state index in [0.29, 0.717) is 67.4 Å². The van der Waals surface area contributed by atoms with E-state index < -0.39 is 5.97 Å². The molecule has 0 spiro atoms. The minimum Gasteiger partial charge on any atom is -0.493 e. The van der Waals surface area contributed by atoms with E-state index >= 15 is 0 Å². The van der Waals surface area contributed by atoms with Gasteiger partial charge in [0.05, 0.1) is 43.2 Å². The topological polar surface area (TPSA) is 80.3 Å². The lowest BCUT2D eigenvalue weighted by molar-refractivity contribution is 0.0696. The van der Waals surface area contributed by atoms with Crippen molar-refractivity contribution in [2.24, 2.45) is 0 Å². The third-order valence-corrected chi connectivity index (χ3v) is 4.93. The summed E-state index contributed by atoms with van der Waals surface area (Å²) in [5, 5.41) is 13.4. The predicted octanol–water partition coefficient (Wildman–Crippen LogP) is 3.89. The summed E-state index contributed by atoms with van der Waals surface area (Å²) in [5.74, 6) is 0.120. The molecule has 0 radical (unpaired) electrons. The zero-order chi connectivity index (χ0) is 20.8. The number of methoxy groups -OCH3 is 1. The molecular weight excluding hydrogens is 396 g/mol. The number of anilines is 2. The smallest absolute Gasteiger partial charge is 0.337 e. The first-order valence-electron chi connectivity index (χ1n) is 9.46. The van der Waals surface area contributed by atoms with Gasteiger partial charge in [-0.15, -0.1) is 0 Å². The Labute approximate surface area is 175 Å². The Bertz CT molecular complexity index is 868. The van der Waals surface area contributed by atoms with Gasteiger partial charge in [0, 0.05) is 25.3 Å². The molecule has 1 fully saturated rings. The van der Waals surface area contributed by atoms with Crippen LogP contribution in [0.4, 0.5) is 11.4 Å². The van der Waals surface area contributed by atoms with Crippen LogP contribution in [-0.2, 0) is 11.3 Å². The monoisotopic (exact) mass is 420 g/mol. The second-order valence-electron chi connectivity index (χ2n) is 6.53. The zero-order valence-electron chi connectivity index (χ0n) is 16.5. The van der Waals surface area contributed by atoms with Gasteiger partial charge in [-0.25, -0.2) is 4.79 Å². The molecule has 29 heavy (non-hydrogen) atoms. The maximum Gasteiger partial charge on any atom is 0.337 e. The van der Waals surface area contributed by atoms with Crippen molar-refractivity contribution in [3.8, 4) is 11.5 Å². The molecule has 1 saturated heterocycles. The van der Waals surface area contributed by atoms with Crippen molar-refractivity contribution in [3.63, 3.8) is 0 Å². The molecule has 2 N–H and O–H groups in total. The summed E-state index contributed by atoms with van der Waals surface area (Å²) >= 11 is 6.32. The van der Waals surface area contributed by atoms with Crippen molar-refractivity contribution in [3.05, 3.63) is 46.5 Å². The summed E-state index contributed by atoms with van der Waals surface area (Å²) < 4.78 is 16.3. The van der Waals surface area contributed by atoms with Gasteiger partial charge in [0.25, 0.3) is 0 Å². The molecule has 7 nitrogen and oxygen atoms in total. The molecule has 0 amide bonds. The minimum absolute atomic E-state index is 0.263. The van der Waals surface area contributed by atoms with E-state index in [9.17, 15) is 9.90 Å². The fraction of sp³-hybridized carbons (Fsp3) is 0.381. The van der Waals surface area contributed by atoms with E-state index in [0.717, 1.165) is 5.56 Å². The van der Waals surface area contributed by atoms with Gasteiger partial charge in [-0.3, -0.25) is 0 Å². The first-order valence-corrected chi connectivity index (χ1v) is 9.84. The van der Waals surface area contributed by atoms with Gasteiger partial charge in [0.15, 0.2) is 11.5 Å². The highest BCUT2D eigenvalue weighted by Crippen LogP contribution is 2.36. The number of carbonyl (C=O) groups is 1. The Balaban J connectivity index is 1.77. The molecule has 2 aromatic rings. The number of morpholine rings is 1. The fourth-order valence-corrected chi connectivity index (χ4v) is 3.55. The van der Waals surface area contributed by atoms with Crippen LogP contribution in [0.25, 0.3) is 0 Å². The SMILES string of the molecule is CCOc1c(Cl)cc(CNc2ccc(N3CCOCC3)c(C(=O)O)c2)cc1OC. The molecule has 0 aliphatic carbocycles. The van der Waals surface area contributed by atoms with Crippen molar-refractivity contribution in [2.75, 3.05) is 50.2 Å². The molecule has 3 rings (SSSR count). The lowest BCUT2D eigenvalue weighted by Crippen LogP contribution is -2.37. The Kier molecular flexibility index (Phi) is 7.06. The number of rotatable bonds is 8. The highest BCUT2D eigenvalue weighted by molar-refractivity contribution is 6.32. The molecule has 0 unspecified atom stereocenters. The highest BCUT2D eigenvalue weighted by Gasteiger charge is 2.19. The third-order valence-electron chi connectivity index (χ3n) is 4.65. The first-order chi connectivity index (χ1) is 14.0. The number of benzene rings is 2. The van der Waals surface area contributed by atoms with Crippen LogP contribution in [0, 0.1) is 0 Å². The number of carboxylic acid groups (broad SMARTS) is 1. The molecule has 1 aliphatic heterocycles. The minimum atomic E-state index is -0.957. The Morgan fingerprint density at radius 1 is 1.28 bits per heavy atom. The third kappa shape index (κ3) is 5.05. The van der Waals surface area contributed by atoms with Crippen molar-refractivity contribution in [1.82, 2.24) is 0 Å². The molecule has 2 aromatic carbocycles. The standard InChI is InChI=1S/C21H25ClN2O5/c1-3-29-20-17(22)10-14(11-19(20)27-2)13-23-15-4-5-18(16(12-15)21(25)26)24-6-8-28-9-7-24/h4-5,10-12,23H,3,6-9,13H2,1-2H3,(H,25,26). The van der Waals surface area contributed by atoms with Crippen LogP contribution in [0.1, 0.15) is 22.8 Å². The van der Waals surface area contributed by atoms with Gasteiger partial charge in [0.1, 0.15) is 0 Å². The molecule has 0 aromatic heterocycles. The molecular formula is C21H25ClN2O5. The van der Waals surface area contributed by atoms with Crippen LogP contribution in [-0.4, -0.2) is 51.1 Å². The zero-order valence-corrected chi connectivity index (χ0v) is 17.3. The molecule has 0 saturated carbocycles. The van der Waals surface area contributed by atoms with E-state index in [1.807, 2.05) is 36.1 Å². The first kappa shape index (κ1) is 21.1. The molecule has 8 heteroatoms. The summed E-state index contributed by atoms with van der Waals surface area (Å²) in [5.41, 5.74) is 2.57. The van der Waals surface area contributed by atoms with Gasteiger partial charge in [-0.05, 0) is 42.8 Å². The number of aromatic carboxylic acids is 1. The van der Waals surface area contributed by atoms with Crippen molar-refractivity contribution >= 4 is 28.9 Å². The summed E-state index contributed by atoms with van der Waals surface area (Å²) in [6.07, 6.45) is 0. The van der Waals surface area contributed by atoms with Crippen LogP contribution in [0.2, 0.25) is 5.02 Å². The predicted molar refractivity (Wildman–Crippen MR) is 113 cm³/mol. The van der Waals surface area contributed by atoms with Crippen molar-refractivity contribution < 1.29 is 24.1 Å². The van der Waals surface area contributed by atoms with E-state index in [4.69, 9.17) is 25.8 Å². The summed E-state index contributed by atoms with van der Waals surface area (Å²) in [4.78, 5) is 13.8. The lowest BCUT2D eigenvalue weighted by atomic mass is 10.1. The maximum atomic E-state index is 11.8. The van der Waals surface area contributed by atoms with Gasteiger partial charge in [-0.1, -0.05) is 11.6 Å². The summed E-state index contributed by atoms with van der Waals surface area (Å²) in [6, 6.07) is 9.03. The second kappa shape index (κ2) is 9.71. The largest absolute Gasteiger partial charge is 0.493 e. The number of carboxylic acids is 1. The second-order valence-corrected chi connectivity index (χ2v) is 6.94. The Hall–Kier alpha value is -2.64. The molecule has 156 valence electrons. The number of hydrogen-bond acceptors (Lipinski definition) is 6. The Morgan fingerprint density at radius 3 is 2.69 bits per heavy atom. The van der Waals surface area contributed by atoms with Gasteiger partial charge < -0.3 is 29.5 Å². The number of nitrogens with zero attached hydrogens (tertiary/aromatic N) is 1. The van der Waals surface area contributed by atoms with E-state index in [-0.39, 0.29) is 5.56 Å². The summed E-state index contributed by atoms with van der Waals surface area (Å²) in [7, 11) is 1.56. The molecule has 0 bridgehead atoms. The number of ether oxygens (including phenoxy) is 3. The van der Waals surface area contributed by atoms with Crippen LogP contribution >= 0.6 is 11.6 Å². The fourth-order valence-electron chi connectivity index (χ4n) is 3.26. The van der Waals surface area contributed by atoms with Crippen molar-refractivity contribution in [2.45, 2.75) is 13.5 Å². The van der Waals surface area contributed by atoms with Crippen molar-refractivity contribution in [1.29, 1.82) is 0 Å². The van der Waals surface area contributed by atoms with E-state index in [1.54, 1.807) is 13.2 Å². The average molecular weight is 421 g/mol. The normalized spacial score (nSPS) is 13.8. The quantitative estimate of drug-likeness (QED) is 0.670. The maximum absolute atomic E-state index is 11.8. The highest BCUT2D eigenvalue weighted by atomic mass is 35.5. The van der Waals surface area contributed by atoms with Gasteiger partial charge >= 0.3 is 5.97 Å².